The van der Waals surface area contributed by atoms with E-state index in [1.807, 2.05) is 0 Å². The second kappa shape index (κ2) is 4.96. The summed E-state index contributed by atoms with van der Waals surface area (Å²) >= 11 is 0. The van der Waals surface area contributed by atoms with Crippen LogP contribution in [-0.4, -0.2) is 22.1 Å². The van der Waals surface area contributed by atoms with Gasteiger partial charge in [0.1, 0.15) is 0 Å². The van der Waals surface area contributed by atoms with Crippen LogP contribution < -0.4 is 0 Å². The summed E-state index contributed by atoms with van der Waals surface area (Å²) in [6.07, 6.45) is 0. The summed E-state index contributed by atoms with van der Waals surface area (Å²) < 4.78 is 45.2. The molecule has 0 fully saturated rings. The van der Waals surface area contributed by atoms with Crippen molar-refractivity contribution in [3.8, 4) is 0 Å². The molecule has 0 saturated carbocycles. The van der Waals surface area contributed by atoms with E-state index < -0.39 is 24.1 Å². The zero-order chi connectivity index (χ0) is 13.3. The van der Waals surface area contributed by atoms with Crippen LogP contribution in [-0.2, 0) is 24.6 Å². The highest BCUT2D eigenvalue weighted by Gasteiger charge is 2.17. The number of benzene rings is 1. The van der Waals surface area contributed by atoms with Gasteiger partial charge in [-0.2, -0.15) is 0 Å². The number of rotatable bonds is 4. The molecule has 0 atom stereocenters. The highest BCUT2D eigenvalue weighted by Crippen LogP contribution is 2.17. The first-order valence-corrected chi connectivity index (χ1v) is 8.90. The molecule has 0 saturated heterocycles. The molecule has 1 aromatic carbocycles. The first-order valence-electron chi connectivity index (χ1n) is 4.88. The van der Waals surface area contributed by atoms with Gasteiger partial charge in [-0.1, -0.05) is 12.1 Å². The van der Waals surface area contributed by atoms with Gasteiger partial charge in [0.15, 0.2) is 9.84 Å². The van der Waals surface area contributed by atoms with E-state index in [-0.39, 0.29) is 10.6 Å². The SMILES string of the molecule is CC(C)S(=O)(=O)Cc1ccc(S(=O)(=O)Cl)cc1. The number of hydrogen-bond donors (Lipinski definition) is 0. The topological polar surface area (TPSA) is 68.3 Å². The van der Waals surface area contributed by atoms with E-state index in [0.29, 0.717) is 5.56 Å². The van der Waals surface area contributed by atoms with Crippen LogP contribution >= 0.6 is 10.7 Å². The molecule has 0 aliphatic carbocycles. The number of hydrogen-bond acceptors (Lipinski definition) is 4. The predicted octanol–water partition coefficient (Wildman–Crippen LogP) is 1.94. The van der Waals surface area contributed by atoms with Crippen molar-refractivity contribution in [1.82, 2.24) is 0 Å². The van der Waals surface area contributed by atoms with E-state index in [0.717, 1.165) is 0 Å². The van der Waals surface area contributed by atoms with E-state index >= 15 is 0 Å². The minimum absolute atomic E-state index is 0.0372. The summed E-state index contributed by atoms with van der Waals surface area (Å²) in [5.74, 6) is -0.104. The lowest BCUT2D eigenvalue weighted by Gasteiger charge is -2.07. The average Bonchev–Trinajstić information content (AvgIpc) is 2.16. The van der Waals surface area contributed by atoms with Gasteiger partial charge in [0.2, 0.25) is 0 Å². The molecule has 0 radical (unpaired) electrons. The Kier molecular flexibility index (Phi) is 4.22. The molecule has 0 amide bonds. The van der Waals surface area contributed by atoms with Gasteiger partial charge < -0.3 is 0 Å². The van der Waals surface area contributed by atoms with Gasteiger partial charge in [0.05, 0.1) is 15.9 Å². The molecule has 96 valence electrons. The molecule has 17 heavy (non-hydrogen) atoms. The lowest BCUT2D eigenvalue weighted by atomic mass is 10.2. The zero-order valence-corrected chi connectivity index (χ0v) is 11.8. The van der Waals surface area contributed by atoms with Gasteiger partial charge in [-0.3, -0.25) is 0 Å². The van der Waals surface area contributed by atoms with Crippen LogP contribution in [0.15, 0.2) is 29.2 Å². The van der Waals surface area contributed by atoms with E-state index in [2.05, 4.69) is 0 Å². The van der Waals surface area contributed by atoms with Crippen molar-refractivity contribution in [2.45, 2.75) is 29.7 Å². The molecule has 0 aliphatic rings. The van der Waals surface area contributed by atoms with Gasteiger partial charge in [0.25, 0.3) is 9.05 Å². The van der Waals surface area contributed by atoms with Crippen LogP contribution in [0.2, 0.25) is 0 Å². The van der Waals surface area contributed by atoms with E-state index in [1.54, 1.807) is 13.8 Å². The van der Waals surface area contributed by atoms with Crippen LogP contribution in [0.4, 0.5) is 0 Å². The normalized spacial score (nSPS) is 12.9. The van der Waals surface area contributed by atoms with Crippen molar-refractivity contribution in [3.05, 3.63) is 29.8 Å². The molecular formula is C10H13ClO4S2. The molecule has 7 heteroatoms. The Morgan fingerprint density at radius 2 is 1.53 bits per heavy atom. The summed E-state index contributed by atoms with van der Waals surface area (Å²) in [7, 11) is -1.79. The fraction of sp³-hybridized carbons (Fsp3) is 0.400. The van der Waals surface area contributed by atoms with Crippen molar-refractivity contribution in [3.63, 3.8) is 0 Å². The van der Waals surface area contributed by atoms with Gasteiger partial charge in [-0.25, -0.2) is 16.8 Å². The number of sulfone groups is 1. The van der Waals surface area contributed by atoms with E-state index in [1.165, 1.54) is 24.3 Å². The third-order valence-electron chi connectivity index (χ3n) is 2.29. The van der Waals surface area contributed by atoms with Gasteiger partial charge in [-0.05, 0) is 31.5 Å². The van der Waals surface area contributed by atoms with Crippen molar-refractivity contribution >= 4 is 29.6 Å². The van der Waals surface area contributed by atoms with Crippen molar-refractivity contribution < 1.29 is 16.8 Å². The Balaban J connectivity index is 2.98. The monoisotopic (exact) mass is 296 g/mol. The Bertz CT molecular complexity index is 586. The highest BCUT2D eigenvalue weighted by atomic mass is 35.7. The maximum Gasteiger partial charge on any atom is 0.261 e. The van der Waals surface area contributed by atoms with Crippen LogP contribution in [0, 0.1) is 0 Å². The maximum atomic E-state index is 11.6. The van der Waals surface area contributed by atoms with Crippen molar-refractivity contribution in [2.75, 3.05) is 0 Å². The van der Waals surface area contributed by atoms with Crippen LogP contribution in [0.25, 0.3) is 0 Å². The van der Waals surface area contributed by atoms with E-state index in [9.17, 15) is 16.8 Å². The van der Waals surface area contributed by atoms with E-state index in [4.69, 9.17) is 10.7 Å². The maximum absolute atomic E-state index is 11.6. The Morgan fingerprint density at radius 1 is 1.06 bits per heavy atom. The molecule has 0 bridgehead atoms. The molecule has 0 N–H and O–H groups in total. The summed E-state index contributed by atoms with van der Waals surface area (Å²) in [5.41, 5.74) is 0.544. The first kappa shape index (κ1) is 14.5. The molecule has 0 aromatic heterocycles. The molecule has 1 rings (SSSR count). The Morgan fingerprint density at radius 3 is 1.88 bits per heavy atom. The predicted molar refractivity (Wildman–Crippen MR) is 67.2 cm³/mol. The molecule has 0 aliphatic heterocycles. The summed E-state index contributed by atoms with van der Waals surface area (Å²) in [6, 6.07) is 5.51. The van der Waals surface area contributed by atoms with Crippen molar-refractivity contribution in [2.24, 2.45) is 0 Å². The quantitative estimate of drug-likeness (QED) is 0.796. The lowest BCUT2D eigenvalue weighted by molar-refractivity contribution is 0.586. The molecule has 0 spiro atoms. The van der Waals surface area contributed by atoms with Crippen LogP contribution in [0.1, 0.15) is 19.4 Å². The standard InChI is InChI=1S/C10H13ClO4S2/c1-8(2)16(12,13)7-9-3-5-10(6-4-9)17(11,14)15/h3-6,8H,7H2,1-2H3. The third-order valence-corrected chi connectivity index (χ3v) is 5.83. The zero-order valence-electron chi connectivity index (χ0n) is 9.42. The molecule has 0 unspecified atom stereocenters. The van der Waals surface area contributed by atoms with Crippen LogP contribution in [0.3, 0.4) is 0 Å². The lowest BCUT2D eigenvalue weighted by Crippen LogP contribution is -2.15. The minimum Gasteiger partial charge on any atom is -0.228 e. The molecule has 4 nitrogen and oxygen atoms in total. The van der Waals surface area contributed by atoms with Crippen LogP contribution in [0.5, 0.6) is 0 Å². The smallest absolute Gasteiger partial charge is 0.228 e. The summed E-state index contributed by atoms with van der Waals surface area (Å²) in [6.45, 7) is 3.21. The first-order chi connectivity index (χ1) is 7.63. The third kappa shape index (κ3) is 3.97. The second-order valence-electron chi connectivity index (χ2n) is 3.94. The summed E-state index contributed by atoms with van der Waals surface area (Å²) in [5, 5.41) is -0.459. The average molecular weight is 297 g/mol. The number of halogens is 1. The van der Waals surface area contributed by atoms with Gasteiger partial charge >= 0.3 is 0 Å². The second-order valence-corrected chi connectivity index (χ2v) is 9.06. The minimum atomic E-state index is -3.76. The molecular weight excluding hydrogens is 284 g/mol. The Labute approximate surface area is 106 Å². The fourth-order valence-corrected chi connectivity index (χ4v) is 2.91. The Hall–Kier alpha value is -0.590. The van der Waals surface area contributed by atoms with Gasteiger partial charge in [-0.15, -0.1) is 0 Å². The van der Waals surface area contributed by atoms with Crippen molar-refractivity contribution in [1.29, 1.82) is 0 Å². The van der Waals surface area contributed by atoms with Gasteiger partial charge in [0, 0.05) is 10.7 Å². The molecule has 0 heterocycles. The largest absolute Gasteiger partial charge is 0.261 e. The molecule has 1 aromatic rings. The fourth-order valence-electron chi connectivity index (χ4n) is 1.15. The highest BCUT2D eigenvalue weighted by molar-refractivity contribution is 8.13. The summed E-state index contributed by atoms with van der Waals surface area (Å²) in [4.78, 5) is -0.0372.